The summed E-state index contributed by atoms with van der Waals surface area (Å²) in [5, 5.41) is 10.3. The summed E-state index contributed by atoms with van der Waals surface area (Å²) in [5.41, 5.74) is 2.88. The Kier molecular flexibility index (Phi) is 5.97. The van der Waals surface area contributed by atoms with Gasteiger partial charge in [-0.05, 0) is 74.4 Å². The van der Waals surface area contributed by atoms with Gasteiger partial charge in [-0.15, -0.1) is 0 Å². The quantitative estimate of drug-likeness (QED) is 0.521. The van der Waals surface area contributed by atoms with Crippen LogP contribution in [0.2, 0.25) is 0 Å². The molecule has 1 fully saturated rings. The highest BCUT2D eigenvalue weighted by Crippen LogP contribution is 2.41. The van der Waals surface area contributed by atoms with Crippen molar-refractivity contribution in [2.75, 3.05) is 5.75 Å². The highest BCUT2D eigenvalue weighted by atomic mass is 32.2. The largest absolute Gasteiger partial charge is 0.490 e. The van der Waals surface area contributed by atoms with Crippen molar-refractivity contribution < 1.29 is 18.4 Å². The molecule has 0 amide bonds. The molecule has 0 atom stereocenters. The lowest BCUT2D eigenvalue weighted by atomic mass is 9.86. The Morgan fingerprint density at radius 2 is 1.81 bits per heavy atom. The minimum atomic E-state index is -3.37. The second-order valence-corrected chi connectivity index (χ2v) is 10.7. The zero-order valence-corrected chi connectivity index (χ0v) is 19.2. The highest BCUT2D eigenvalue weighted by Gasteiger charge is 2.25. The molecule has 31 heavy (non-hydrogen) atoms. The summed E-state index contributed by atoms with van der Waals surface area (Å²) < 4.78 is 32.7. The number of pyridine rings is 1. The predicted octanol–water partition coefficient (Wildman–Crippen LogP) is 5.34. The second kappa shape index (κ2) is 8.54. The van der Waals surface area contributed by atoms with Crippen LogP contribution in [-0.4, -0.2) is 35.2 Å². The zero-order valence-electron chi connectivity index (χ0n) is 18.3. The van der Waals surface area contributed by atoms with Gasteiger partial charge in [0.25, 0.3) is 0 Å². The van der Waals surface area contributed by atoms with E-state index in [0.29, 0.717) is 22.8 Å². The van der Waals surface area contributed by atoms with E-state index in [9.17, 15) is 13.6 Å². The van der Waals surface area contributed by atoms with E-state index in [1.165, 1.54) is 6.42 Å². The Bertz CT molecular complexity index is 1140. The molecule has 2 heterocycles. The monoisotopic (exact) mass is 442 g/mol. The summed E-state index contributed by atoms with van der Waals surface area (Å²) in [6.07, 6.45) is 7.29. The van der Waals surface area contributed by atoms with Crippen molar-refractivity contribution in [3.05, 3.63) is 42.2 Å². The fourth-order valence-electron chi connectivity index (χ4n) is 4.46. The Labute approximate surface area is 184 Å². The van der Waals surface area contributed by atoms with E-state index in [1.807, 2.05) is 12.1 Å². The number of fused-ring (bicyclic) bond motifs is 1. The minimum absolute atomic E-state index is 0.0332. The molecule has 0 unspecified atom stereocenters. The standard InChI is InChI=1S/C24H30N2O4S/c1-4-17-6-8-18(9-7-17)30-23-11-10-19(31(28,29)5-2)15-22(23)21-14-16(3)26(27)24-20(21)12-13-25-24/h10-15,17-18,27H,4-9H2,1-3H3. The maximum Gasteiger partial charge on any atom is 0.178 e. The molecule has 1 aromatic carbocycles. The van der Waals surface area contributed by atoms with E-state index < -0.39 is 9.84 Å². The molecule has 0 spiro atoms. The molecule has 0 saturated heterocycles. The van der Waals surface area contributed by atoms with E-state index in [-0.39, 0.29) is 16.8 Å². The molecule has 1 N–H and O–H groups in total. The van der Waals surface area contributed by atoms with Crippen molar-refractivity contribution in [2.45, 2.75) is 63.9 Å². The van der Waals surface area contributed by atoms with Gasteiger partial charge in [0.15, 0.2) is 15.7 Å². The average Bonchev–Trinajstić information content (AvgIpc) is 3.27. The number of hydrogen-bond donors (Lipinski definition) is 1. The van der Waals surface area contributed by atoms with Crippen molar-refractivity contribution in [3.8, 4) is 28.3 Å². The van der Waals surface area contributed by atoms with Gasteiger partial charge in [-0.2, -0.15) is 4.73 Å². The Hall–Kier alpha value is -2.54. The number of aromatic nitrogens is 2. The summed E-state index contributed by atoms with van der Waals surface area (Å²) in [6, 6.07) is 8.80. The number of ether oxygens (including phenoxy) is 1. The molecule has 1 saturated carbocycles. The van der Waals surface area contributed by atoms with E-state index in [2.05, 4.69) is 11.9 Å². The van der Waals surface area contributed by atoms with Crippen LogP contribution in [0.15, 0.2) is 41.4 Å². The first kappa shape index (κ1) is 21.7. The normalized spacial score (nSPS) is 19.6. The number of sulfone groups is 1. The van der Waals surface area contributed by atoms with Gasteiger partial charge in [-0.25, -0.2) is 13.4 Å². The first-order chi connectivity index (χ1) is 14.8. The molecule has 7 heteroatoms. The van der Waals surface area contributed by atoms with Crippen LogP contribution in [-0.2, 0) is 9.84 Å². The third-order valence-electron chi connectivity index (χ3n) is 6.50. The Balaban J connectivity index is 1.81. The SMILES string of the molecule is CCC1CCC(Oc2ccc(S(=O)(=O)CC)cc2-c2cc(C)n(O)c3nccc2-3)CC1. The number of hydrogen-bond acceptors (Lipinski definition) is 5. The predicted molar refractivity (Wildman–Crippen MR) is 121 cm³/mol. The smallest absolute Gasteiger partial charge is 0.178 e. The van der Waals surface area contributed by atoms with E-state index >= 15 is 0 Å². The van der Waals surface area contributed by atoms with Crippen LogP contribution in [0.25, 0.3) is 22.5 Å². The molecule has 2 aliphatic heterocycles. The third-order valence-corrected chi connectivity index (χ3v) is 8.23. The Morgan fingerprint density at radius 3 is 2.48 bits per heavy atom. The first-order valence-corrected chi connectivity index (χ1v) is 12.7. The Morgan fingerprint density at radius 1 is 1.06 bits per heavy atom. The van der Waals surface area contributed by atoms with Crippen LogP contribution in [0.4, 0.5) is 0 Å². The van der Waals surface area contributed by atoms with Crippen LogP contribution in [0, 0.1) is 12.8 Å². The van der Waals surface area contributed by atoms with Crippen LogP contribution >= 0.6 is 0 Å². The summed E-state index contributed by atoms with van der Waals surface area (Å²) in [7, 11) is -3.37. The van der Waals surface area contributed by atoms with Gasteiger partial charge in [0.2, 0.25) is 0 Å². The van der Waals surface area contributed by atoms with E-state index in [0.717, 1.165) is 47.5 Å². The lowest BCUT2D eigenvalue weighted by Gasteiger charge is -2.29. The second-order valence-electron chi connectivity index (χ2n) is 8.42. The van der Waals surface area contributed by atoms with Gasteiger partial charge < -0.3 is 9.94 Å². The van der Waals surface area contributed by atoms with Crippen LogP contribution < -0.4 is 4.74 Å². The third kappa shape index (κ3) is 4.15. The average molecular weight is 443 g/mol. The maximum atomic E-state index is 12.6. The molecule has 4 rings (SSSR count). The molecule has 3 aliphatic rings. The van der Waals surface area contributed by atoms with Gasteiger partial charge in [-0.3, -0.25) is 0 Å². The fourth-order valence-corrected chi connectivity index (χ4v) is 5.37. The van der Waals surface area contributed by atoms with Gasteiger partial charge in [0, 0.05) is 17.3 Å². The number of nitrogens with zero attached hydrogens (tertiary/aromatic N) is 2. The van der Waals surface area contributed by atoms with Crippen LogP contribution in [0.1, 0.15) is 51.6 Å². The van der Waals surface area contributed by atoms with Gasteiger partial charge in [-0.1, -0.05) is 20.3 Å². The van der Waals surface area contributed by atoms with Crippen molar-refractivity contribution in [2.24, 2.45) is 5.92 Å². The molecule has 1 aliphatic carbocycles. The van der Waals surface area contributed by atoms with E-state index in [1.54, 1.807) is 38.2 Å². The molecule has 0 aromatic heterocycles. The summed E-state index contributed by atoms with van der Waals surface area (Å²) in [5.74, 6) is 1.91. The lowest BCUT2D eigenvalue weighted by molar-refractivity contribution is 0.130. The lowest BCUT2D eigenvalue weighted by Crippen LogP contribution is -2.24. The summed E-state index contributed by atoms with van der Waals surface area (Å²) in [6.45, 7) is 5.67. The summed E-state index contributed by atoms with van der Waals surface area (Å²) in [4.78, 5) is 4.55. The van der Waals surface area contributed by atoms with Gasteiger partial charge >= 0.3 is 0 Å². The highest BCUT2D eigenvalue weighted by molar-refractivity contribution is 7.91. The van der Waals surface area contributed by atoms with Crippen molar-refractivity contribution in [1.82, 2.24) is 9.71 Å². The molecular formula is C24H30N2O4S. The first-order valence-electron chi connectivity index (χ1n) is 11.0. The van der Waals surface area contributed by atoms with Crippen LogP contribution in [0.3, 0.4) is 0 Å². The fraction of sp³-hybridized carbons (Fsp3) is 0.458. The van der Waals surface area contributed by atoms with Gasteiger partial charge in [0.05, 0.1) is 22.4 Å². The molecule has 0 bridgehead atoms. The van der Waals surface area contributed by atoms with Crippen LogP contribution in [0.5, 0.6) is 5.75 Å². The van der Waals surface area contributed by atoms with Gasteiger partial charge in [0.1, 0.15) is 5.75 Å². The summed E-state index contributed by atoms with van der Waals surface area (Å²) >= 11 is 0. The van der Waals surface area contributed by atoms with Crippen molar-refractivity contribution >= 4 is 9.84 Å². The molecule has 1 aromatic rings. The molecule has 166 valence electrons. The number of benzene rings is 1. The molecule has 6 nitrogen and oxygen atoms in total. The maximum absolute atomic E-state index is 12.6. The number of aryl methyl sites for hydroxylation is 1. The van der Waals surface area contributed by atoms with Crippen molar-refractivity contribution in [3.63, 3.8) is 0 Å². The minimum Gasteiger partial charge on any atom is -0.490 e. The van der Waals surface area contributed by atoms with E-state index in [4.69, 9.17) is 4.74 Å². The topological polar surface area (TPSA) is 81.4 Å². The molecule has 0 radical (unpaired) electrons. The number of rotatable bonds is 6. The van der Waals surface area contributed by atoms with Crippen molar-refractivity contribution in [1.29, 1.82) is 0 Å². The molecular weight excluding hydrogens is 412 g/mol. The zero-order chi connectivity index (χ0) is 22.2.